The molecule has 2 heterocycles. The summed E-state index contributed by atoms with van der Waals surface area (Å²) in [4.78, 5) is 0. The van der Waals surface area contributed by atoms with E-state index in [0.717, 1.165) is 32.1 Å². The predicted octanol–water partition coefficient (Wildman–Crippen LogP) is -2.01. The molecule has 0 aliphatic carbocycles. The molecule has 2 rings (SSSR count). The molecule has 0 aromatic heterocycles. The van der Waals surface area contributed by atoms with Gasteiger partial charge in [0.05, 0.1) is 13.2 Å². The van der Waals surface area contributed by atoms with Crippen LogP contribution in [0.25, 0.3) is 0 Å². The van der Waals surface area contributed by atoms with Gasteiger partial charge in [-0.1, -0.05) is 39.0 Å². The highest BCUT2D eigenvalue weighted by atomic mass is 16.7. The van der Waals surface area contributed by atoms with Gasteiger partial charge < -0.3 is 54.7 Å². The van der Waals surface area contributed by atoms with Crippen LogP contribution in [-0.2, 0) is 18.9 Å². The number of aliphatic hydroxyl groups excluding tert-OH is 7. The summed E-state index contributed by atoms with van der Waals surface area (Å²) in [5, 5.41) is 69.7. The van der Waals surface area contributed by atoms with Crippen molar-refractivity contribution in [1.29, 1.82) is 0 Å². The molecule has 0 bridgehead atoms. The molecule has 184 valence electrons. The van der Waals surface area contributed by atoms with Crippen molar-refractivity contribution in [1.82, 2.24) is 0 Å². The van der Waals surface area contributed by atoms with Gasteiger partial charge in [-0.15, -0.1) is 0 Å². The Hall–Kier alpha value is -0.440. The van der Waals surface area contributed by atoms with Gasteiger partial charge in [0.1, 0.15) is 48.8 Å². The Morgan fingerprint density at radius 2 is 1.23 bits per heavy atom. The van der Waals surface area contributed by atoms with Gasteiger partial charge in [0.15, 0.2) is 12.6 Å². The summed E-state index contributed by atoms with van der Waals surface area (Å²) in [5.41, 5.74) is 0. The maximum Gasteiger partial charge on any atom is 0.187 e. The van der Waals surface area contributed by atoms with Gasteiger partial charge in [0.2, 0.25) is 0 Å². The smallest absolute Gasteiger partial charge is 0.187 e. The van der Waals surface area contributed by atoms with Crippen LogP contribution in [0.5, 0.6) is 0 Å². The summed E-state index contributed by atoms with van der Waals surface area (Å²) < 4.78 is 21.9. The monoisotopic (exact) mass is 454 g/mol. The molecule has 0 spiro atoms. The predicted molar refractivity (Wildman–Crippen MR) is 106 cm³/mol. The first-order chi connectivity index (χ1) is 14.8. The molecule has 2 aliphatic heterocycles. The van der Waals surface area contributed by atoms with Crippen LogP contribution in [0, 0.1) is 0 Å². The average molecular weight is 455 g/mol. The van der Waals surface area contributed by atoms with Gasteiger partial charge in [0, 0.05) is 6.61 Å². The Bertz CT molecular complexity index is 492. The van der Waals surface area contributed by atoms with E-state index in [2.05, 4.69) is 6.92 Å². The fourth-order valence-electron chi connectivity index (χ4n) is 3.77. The van der Waals surface area contributed by atoms with Crippen LogP contribution in [0.3, 0.4) is 0 Å². The fraction of sp³-hybridized carbons (Fsp3) is 1.00. The molecule has 7 N–H and O–H groups in total. The first-order valence-electron chi connectivity index (χ1n) is 11.1. The number of ether oxygens (including phenoxy) is 4. The lowest BCUT2D eigenvalue weighted by atomic mass is 9.97. The van der Waals surface area contributed by atoms with E-state index in [-0.39, 0.29) is 0 Å². The third-order valence-electron chi connectivity index (χ3n) is 5.74. The minimum atomic E-state index is -1.69. The van der Waals surface area contributed by atoms with Crippen LogP contribution in [0.15, 0.2) is 0 Å². The van der Waals surface area contributed by atoms with Gasteiger partial charge >= 0.3 is 0 Å². The molecule has 31 heavy (non-hydrogen) atoms. The molecule has 0 saturated carbocycles. The van der Waals surface area contributed by atoms with Crippen LogP contribution in [-0.4, -0.2) is 117 Å². The Kier molecular flexibility index (Phi) is 11.5. The molecule has 0 amide bonds. The van der Waals surface area contributed by atoms with Gasteiger partial charge in [-0.3, -0.25) is 0 Å². The highest BCUT2D eigenvalue weighted by Crippen LogP contribution is 2.29. The number of rotatable bonds is 12. The van der Waals surface area contributed by atoms with E-state index in [1.54, 1.807) is 0 Å². The van der Waals surface area contributed by atoms with Crippen LogP contribution >= 0.6 is 0 Å². The molecule has 11 heteroatoms. The lowest BCUT2D eigenvalue weighted by molar-refractivity contribution is -0.359. The third kappa shape index (κ3) is 7.02. The Labute approximate surface area is 182 Å². The van der Waals surface area contributed by atoms with Crippen molar-refractivity contribution >= 4 is 0 Å². The Balaban J connectivity index is 1.90. The second-order valence-electron chi connectivity index (χ2n) is 8.14. The molecule has 10 atom stereocenters. The topological polar surface area (TPSA) is 179 Å². The maximum absolute atomic E-state index is 10.5. The number of hydrogen-bond donors (Lipinski definition) is 7. The van der Waals surface area contributed by atoms with E-state index in [1.807, 2.05) is 0 Å². The quantitative estimate of drug-likeness (QED) is 0.162. The maximum atomic E-state index is 10.5. The van der Waals surface area contributed by atoms with Crippen molar-refractivity contribution in [2.75, 3.05) is 19.8 Å². The highest BCUT2D eigenvalue weighted by Gasteiger charge is 2.50. The highest BCUT2D eigenvalue weighted by molar-refractivity contribution is 4.94. The number of aliphatic hydroxyl groups is 7. The Morgan fingerprint density at radius 3 is 1.87 bits per heavy atom. The van der Waals surface area contributed by atoms with Gasteiger partial charge in [-0.05, 0) is 6.42 Å². The molecular weight excluding hydrogens is 416 g/mol. The zero-order valence-corrected chi connectivity index (χ0v) is 17.9. The average Bonchev–Trinajstić information content (AvgIpc) is 2.77. The standard InChI is InChI=1S/C20H38O11/c1-2-3-4-5-6-7-8-28-19-17(27)15(25)18(12(10-22)30-19)31-20-16(26)14(24)13(23)11(9-21)29-20/h11-27H,2-10H2,1H3/t11?,12?,13-,14?,15?,16-,17-,18-,19+,20-/m0/s1. The fourth-order valence-corrected chi connectivity index (χ4v) is 3.77. The van der Waals surface area contributed by atoms with E-state index in [4.69, 9.17) is 18.9 Å². The van der Waals surface area contributed by atoms with E-state index in [9.17, 15) is 35.7 Å². The zero-order chi connectivity index (χ0) is 23.0. The van der Waals surface area contributed by atoms with E-state index >= 15 is 0 Å². The van der Waals surface area contributed by atoms with E-state index in [0.29, 0.717) is 6.61 Å². The molecule has 4 unspecified atom stereocenters. The van der Waals surface area contributed by atoms with Gasteiger partial charge in [-0.25, -0.2) is 0 Å². The zero-order valence-electron chi connectivity index (χ0n) is 17.9. The first kappa shape index (κ1) is 26.8. The SMILES string of the molecule is CCCCCCCCO[C@@H]1OC(CO)[C@H](O[C@@H]2OC(CO)[C@H](O)C(O)[C@@H]2O)C(O)[C@@H]1O. The molecule has 11 nitrogen and oxygen atoms in total. The van der Waals surface area contributed by atoms with Gasteiger partial charge in [-0.2, -0.15) is 0 Å². The number of hydrogen-bond acceptors (Lipinski definition) is 11. The first-order valence-corrected chi connectivity index (χ1v) is 11.1. The summed E-state index contributed by atoms with van der Waals surface area (Å²) in [7, 11) is 0. The van der Waals surface area contributed by atoms with Crippen LogP contribution in [0.4, 0.5) is 0 Å². The lowest BCUT2D eigenvalue weighted by Crippen LogP contribution is -2.64. The summed E-state index contributed by atoms with van der Waals surface area (Å²) in [6, 6.07) is 0. The van der Waals surface area contributed by atoms with Crippen molar-refractivity contribution in [3.63, 3.8) is 0 Å². The van der Waals surface area contributed by atoms with Crippen molar-refractivity contribution in [3.05, 3.63) is 0 Å². The minimum Gasteiger partial charge on any atom is -0.394 e. The summed E-state index contributed by atoms with van der Waals surface area (Å²) in [6.07, 6.45) is -7.98. The molecule has 2 aliphatic rings. The largest absolute Gasteiger partial charge is 0.394 e. The second-order valence-corrected chi connectivity index (χ2v) is 8.14. The van der Waals surface area contributed by atoms with Crippen LogP contribution in [0.2, 0.25) is 0 Å². The molecule has 0 radical (unpaired) electrons. The minimum absolute atomic E-state index is 0.316. The summed E-state index contributed by atoms with van der Waals surface area (Å²) in [6.45, 7) is 1.23. The molecular formula is C20H38O11. The second kappa shape index (κ2) is 13.3. The Morgan fingerprint density at radius 1 is 0.645 bits per heavy atom. The van der Waals surface area contributed by atoms with Gasteiger partial charge in [0.25, 0.3) is 0 Å². The molecule has 0 aromatic rings. The molecule has 2 saturated heterocycles. The van der Waals surface area contributed by atoms with Crippen molar-refractivity contribution in [2.45, 2.75) is 107 Å². The normalized spacial score (nSPS) is 41.4. The van der Waals surface area contributed by atoms with Crippen molar-refractivity contribution < 1.29 is 54.7 Å². The summed E-state index contributed by atoms with van der Waals surface area (Å²) in [5.74, 6) is 0. The lowest BCUT2D eigenvalue weighted by Gasteiger charge is -2.45. The van der Waals surface area contributed by atoms with Crippen molar-refractivity contribution in [2.24, 2.45) is 0 Å². The van der Waals surface area contributed by atoms with E-state index in [1.165, 1.54) is 6.42 Å². The van der Waals surface area contributed by atoms with E-state index < -0.39 is 74.6 Å². The van der Waals surface area contributed by atoms with Crippen LogP contribution in [0.1, 0.15) is 45.4 Å². The molecule has 2 fully saturated rings. The van der Waals surface area contributed by atoms with Crippen molar-refractivity contribution in [3.8, 4) is 0 Å². The van der Waals surface area contributed by atoms with Crippen LogP contribution < -0.4 is 0 Å². The molecule has 0 aromatic carbocycles. The summed E-state index contributed by atoms with van der Waals surface area (Å²) >= 11 is 0. The third-order valence-corrected chi connectivity index (χ3v) is 5.74. The number of unbranched alkanes of at least 4 members (excludes halogenated alkanes) is 5.